The zero-order chi connectivity index (χ0) is 13.0. The van der Waals surface area contributed by atoms with Gasteiger partial charge in [-0.05, 0) is 37.0 Å². The fourth-order valence-electron chi connectivity index (χ4n) is 3.58. The van der Waals surface area contributed by atoms with Crippen molar-refractivity contribution >= 4 is 15.9 Å². The highest BCUT2D eigenvalue weighted by atomic mass is 79.9. The Hall–Kier alpha value is -0.580. The van der Waals surface area contributed by atoms with Crippen LogP contribution in [-0.4, -0.2) is 30.0 Å². The van der Waals surface area contributed by atoms with Crippen molar-refractivity contribution in [2.75, 3.05) is 6.61 Å². The molecule has 3 nitrogen and oxygen atoms in total. The Balaban J connectivity index is 1.65. The quantitative estimate of drug-likeness (QED) is 0.684. The number of ether oxygens (including phenoxy) is 2. The third-order valence-corrected chi connectivity index (χ3v) is 4.94. The molecule has 0 radical (unpaired) electrons. The number of aliphatic hydroxyl groups is 1. The number of hydrogen-bond acceptors (Lipinski definition) is 3. The van der Waals surface area contributed by atoms with E-state index in [9.17, 15) is 0 Å². The molecule has 2 unspecified atom stereocenters. The molecule has 2 heterocycles. The zero-order valence-electron chi connectivity index (χ0n) is 10.6. The molecule has 0 aromatic heterocycles. The summed E-state index contributed by atoms with van der Waals surface area (Å²) in [5.41, 5.74) is 2.59. The molecule has 1 aliphatic carbocycles. The number of epoxide rings is 1. The van der Waals surface area contributed by atoms with Gasteiger partial charge in [0.1, 0.15) is 11.9 Å². The van der Waals surface area contributed by atoms with Crippen molar-refractivity contribution in [3.8, 4) is 5.75 Å². The van der Waals surface area contributed by atoms with Gasteiger partial charge in [-0.2, -0.15) is 0 Å². The molecule has 1 aromatic carbocycles. The summed E-state index contributed by atoms with van der Waals surface area (Å²) in [5, 5.41) is 8.91. The maximum atomic E-state index is 8.91. The summed E-state index contributed by atoms with van der Waals surface area (Å²) in [6.45, 7) is 0.264. The van der Waals surface area contributed by atoms with Gasteiger partial charge in [0, 0.05) is 23.1 Å². The lowest BCUT2D eigenvalue weighted by atomic mass is 9.94. The summed E-state index contributed by atoms with van der Waals surface area (Å²) >= 11 is 3.61. The van der Waals surface area contributed by atoms with E-state index in [1.165, 1.54) is 11.1 Å². The van der Waals surface area contributed by atoms with Gasteiger partial charge in [-0.3, -0.25) is 0 Å². The fraction of sp³-hybridized carbons (Fsp3) is 0.600. The van der Waals surface area contributed by atoms with Crippen LogP contribution in [0.15, 0.2) is 16.6 Å². The maximum absolute atomic E-state index is 8.91. The normalized spacial score (nSPS) is 33.6. The third-order valence-electron chi connectivity index (χ3n) is 4.48. The number of aryl methyl sites for hydroxylation is 1. The van der Waals surface area contributed by atoms with Gasteiger partial charge in [0.2, 0.25) is 0 Å². The minimum absolute atomic E-state index is 0.264. The number of aliphatic hydroxyl groups excluding tert-OH is 1. The Kier molecular flexibility index (Phi) is 2.87. The first-order valence-corrected chi connectivity index (χ1v) is 7.82. The minimum Gasteiger partial charge on any atom is -0.489 e. The van der Waals surface area contributed by atoms with E-state index in [1.807, 2.05) is 0 Å². The van der Waals surface area contributed by atoms with Crippen LogP contribution in [0.1, 0.15) is 36.3 Å². The van der Waals surface area contributed by atoms with Crippen LogP contribution in [0, 0.1) is 0 Å². The lowest BCUT2D eigenvalue weighted by molar-refractivity contribution is 0.156. The van der Waals surface area contributed by atoms with Gasteiger partial charge in [-0.1, -0.05) is 15.9 Å². The van der Waals surface area contributed by atoms with Crippen LogP contribution in [0.4, 0.5) is 0 Å². The number of unbranched alkanes of at least 4 members (excludes halogenated alkanes) is 1. The molecule has 0 bridgehead atoms. The van der Waals surface area contributed by atoms with Crippen LogP contribution in [-0.2, 0) is 11.2 Å². The molecule has 19 heavy (non-hydrogen) atoms. The van der Waals surface area contributed by atoms with E-state index in [0.717, 1.165) is 35.9 Å². The van der Waals surface area contributed by atoms with Crippen LogP contribution in [0.25, 0.3) is 0 Å². The van der Waals surface area contributed by atoms with Crippen molar-refractivity contribution in [3.05, 3.63) is 27.7 Å². The number of benzene rings is 1. The Morgan fingerprint density at radius 2 is 2.16 bits per heavy atom. The van der Waals surface area contributed by atoms with Gasteiger partial charge < -0.3 is 14.6 Å². The predicted molar refractivity (Wildman–Crippen MR) is 74.6 cm³/mol. The van der Waals surface area contributed by atoms with E-state index in [4.69, 9.17) is 14.6 Å². The Morgan fingerprint density at radius 1 is 1.26 bits per heavy atom. The van der Waals surface area contributed by atoms with Crippen molar-refractivity contribution in [3.63, 3.8) is 0 Å². The van der Waals surface area contributed by atoms with E-state index in [-0.39, 0.29) is 6.61 Å². The molecule has 1 saturated carbocycles. The first-order valence-electron chi connectivity index (χ1n) is 7.03. The molecule has 3 aliphatic rings. The second-order valence-corrected chi connectivity index (χ2v) is 6.64. The number of fused-ring (bicyclic) bond motifs is 5. The fourth-order valence-corrected chi connectivity index (χ4v) is 4.10. The van der Waals surface area contributed by atoms with Gasteiger partial charge in [-0.15, -0.1) is 0 Å². The van der Waals surface area contributed by atoms with Crippen LogP contribution in [0.5, 0.6) is 5.75 Å². The summed E-state index contributed by atoms with van der Waals surface area (Å²) in [6.07, 6.45) is 5.02. The molecule has 2 fully saturated rings. The molecule has 0 spiro atoms. The van der Waals surface area contributed by atoms with E-state index < -0.39 is 0 Å². The van der Waals surface area contributed by atoms with Gasteiger partial charge in [0.05, 0.1) is 18.1 Å². The van der Waals surface area contributed by atoms with Crippen molar-refractivity contribution < 1.29 is 14.6 Å². The van der Waals surface area contributed by atoms with Gasteiger partial charge in [-0.25, -0.2) is 0 Å². The van der Waals surface area contributed by atoms with Crippen molar-refractivity contribution in [2.45, 2.75) is 49.9 Å². The van der Waals surface area contributed by atoms with Crippen LogP contribution in [0.3, 0.4) is 0 Å². The Labute approximate surface area is 121 Å². The molecule has 4 heteroatoms. The molecule has 1 N–H and O–H groups in total. The minimum atomic E-state index is 0.264. The highest BCUT2D eigenvalue weighted by molar-refractivity contribution is 9.10. The SMILES string of the molecule is OCCCCc1cc(Br)cc2c1OC1C[C@H]3O[C@H]3C21. The topological polar surface area (TPSA) is 42.0 Å². The molecule has 1 aromatic rings. The molecule has 2 aliphatic heterocycles. The first-order chi connectivity index (χ1) is 9.28. The van der Waals surface area contributed by atoms with Crippen molar-refractivity contribution in [1.29, 1.82) is 0 Å². The van der Waals surface area contributed by atoms with Crippen LogP contribution in [0.2, 0.25) is 0 Å². The molecule has 4 rings (SSSR count). The summed E-state index contributed by atoms with van der Waals surface area (Å²) < 4.78 is 13.0. The third kappa shape index (κ3) is 1.92. The zero-order valence-corrected chi connectivity index (χ0v) is 12.2. The van der Waals surface area contributed by atoms with E-state index >= 15 is 0 Å². The van der Waals surface area contributed by atoms with Crippen molar-refractivity contribution in [1.82, 2.24) is 0 Å². The van der Waals surface area contributed by atoms with E-state index in [0.29, 0.717) is 24.2 Å². The number of rotatable bonds is 4. The Bertz CT molecular complexity index is 516. The first kappa shape index (κ1) is 12.2. The Morgan fingerprint density at radius 3 is 3.00 bits per heavy atom. The average Bonchev–Trinajstić information content (AvgIpc) is 2.90. The summed E-state index contributed by atoms with van der Waals surface area (Å²) in [7, 11) is 0. The molecule has 4 atom stereocenters. The van der Waals surface area contributed by atoms with Crippen molar-refractivity contribution in [2.24, 2.45) is 0 Å². The maximum Gasteiger partial charge on any atom is 0.126 e. The summed E-state index contributed by atoms with van der Waals surface area (Å²) in [5.74, 6) is 1.53. The average molecular weight is 325 g/mol. The highest BCUT2D eigenvalue weighted by Gasteiger charge is 2.60. The standard InChI is InChI=1S/C15H17BrO3/c16-9-5-8(3-1-2-4-17)14-10(6-9)13-11(18-14)7-12-15(13)19-12/h5-6,11-13,15,17H,1-4,7H2/t11?,12-,13?,15-/m1/s1. The van der Waals surface area contributed by atoms with Crippen LogP contribution >= 0.6 is 15.9 Å². The van der Waals surface area contributed by atoms with E-state index in [2.05, 4.69) is 28.1 Å². The highest BCUT2D eigenvalue weighted by Crippen LogP contribution is 2.56. The lowest BCUT2D eigenvalue weighted by Gasteiger charge is -2.11. The summed E-state index contributed by atoms with van der Waals surface area (Å²) in [6, 6.07) is 4.35. The van der Waals surface area contributed by atoms with Crippen LogP contribution < -0.4 is 4.74 Å². The van der Waals surface area contributed by atoms with Gasteiger partial charge in [0.15, 0.2) is 0 Å². The largest absolute Gasteiger partial charge is 0.489 e. The smallest absolute Gasteiger partial charge is 0.126 e. The molecular formula is C15H17BrO3. The van der Waals surface area contributed by atoms with Gasteiger partial charge in [0.25, 0.3) is 0 Å². The second-order valence-electron chi connectivity index (χ2n) is 5.72. The monoisotopic (exact) mass is 324 g/mol. The number of hydrogen-bond donors (Lipinski definition) is 1. The molecule has 1 saturated heterocycles. The molecule has 102 valence electrons. The lowest BCUT2D eigenvalue weighted by Crippen LogP contribution is -2.17. The molecular weight excluding hydrogens is 308 g/mol. The molecule has 0 amide bonds. The number of halogens is 1. The summed E-state index contributed by atoms with van der Waals surface area (Å²) in [4.78, 5) is 0. The second kappa shape index (κ2) is 4.47. The van der Waals surface area contributed by atoms with E-state index in [1.54, 1.807) is 0 Å². The van der Waals surface area contributed by atoms with Gasteiger partial charge >= 0.3 is 0 Å². The predicted octanol–water partition coefficient (Wildman–Crippen LogP) is 2.78.